The van der Waals surface area contributed by atoms with E-state index in [1.54, 1.807) is 0 Å². The van der Waals surface area contributed by atoms with Crippen LogP contribution in [0.15, 0.2) is 51.4 Å². The standard InChI is InChI=1S/C18H15BrO2/c1-3-12-4-9-16-15(10-12)17(11(2)21-16)18(20)13-5-7-14(19)8-6-13/h4-10H,3H2,1-2H3. The second kappa shape index (κ2) is 5.49. The summed E-state index contributed by atoms with van der Waals surface area (Å²) in [5.74, 6) is 0.679. The maximum atomic E-state index is 12.8. The van der Waals surface area contributed by atoms with Crippen molar-refractivity contribution in [2.75, 3.05) is 0 Å². The van der Waals surface area contributed by atoms with Crippen LogP contribution in [0.2, 0.25) is 0 Å². The molecule has 1 heterocycles. The van der Waals surface area contributed by atoms with E-state index in [0.29, 0.717) is 16.9 Å². The van der Waals surface area contributed by atoms with Crippen LogP contribution in [0.1, 0.15) is 34.2 Å². The number of benzene rings is 2. The topological polar surface area (TPSA) is 30.2 Å². The van der Waals surface area contributed by atoms with E-state index in [2.05, 4.69) is 28.9 Å². The maximum absolute atomic E-state index is 12.8. The van der Waals surface area contributed by atoms with Crippen molar-refractivity contribution in [1.82, 2.24) is 0 Å². The highest BCUT2D eigenvalue weighted by Gasteiger charge is 2.19. The summed E-state index contributed by atoms with van der Waals surface area (Å²) in [6.07, 6.45) is 0.937. The van der Waals surface area contributed by atoms with Crippen LogP contribution in [0.5, 0.6) is 0 Å². The van der Waals surface area contributed by atoms with E-state index in [4.69, 9.17) is 4.42 Å². The number of hydrogen-bond donors (Lipinski definition) is 0. The van der Waals surface area contributed by atoms with Crippen molar-refractivity contribution in [1.29, 1.82) is 0 Å². The molecule has 0 bridgehead atoms. The predicted molar refractivity (Wildman–Crippen MR) is 87.9 cm³/mol. The second-order valence-electron chi connectivity index (χ2n) is 5.05. The van der Waals surface area contributed by atoms with Crippen LogP contribution in [0, 0.1) is 6.92 Å². The van der Waals surface area contributed by atoms with Gasteiger partial charge >= 0.3 is 0 Å². The smallest absolute Gasteiger partial charge is 0.197 e. The Morgan fingerprint density at radius 2 is 1.86 bits per heavy atom. The van der Waals surface area contributed by atoms with Crippen molar-refractivity contribution in [2.24, 2.45) is 0 Å². The van der Waals surface area contributed by atoms with Gasteiger partial charge in [0.15, 0.2) is 5.78 Å². The lowest BCUT2D eigenvalue weighted by Crippen LogP contribution is -2.02. The molecule has 0 saturated heterocycles. The van der Waals surface area contributed by atoms with Crippen molar-refractivity contribution >= 4 is 32.7 Å². The average molecular weight is 343 g/mol. The largest absolute Gasteiger partial charge is 0.461 e. The van der Waals surface area contributed by atoms with E-state index in [9.17, 15) is 4.79 Å². The summed E-state index contributed by atoms with van der Waals surface area (Å²) in [5, 5.41) is 0.903. The number of rotatable bonds is 3. The van der Waals surface area contributed by atoms with Crippen LogP contribution < -0.4 is 0 Å². The monoisotopic (exact) mass is 342 g/mol. The van der Waals surface area contributed by atoms with E-state index < -0.39 is 0 Å². The fourth-order valence-electron chi connectivity index (χ4n) is 2.51. The Balaban J connectivity index is 2.16. The van der Waals surface area contributed by atoms with E-state index in [0.717, 1.165) is 21.9 Å². The minimum absolute atomic E-state index is 0.00648. The van der Waals surface area contributed by atoms with Gasteiger partial charge in [0.1, 0.15) is 11.3 Å². The van der Waals surface area contributed by atoms with Crippen molar-refractivity contribution in [3.8, 4) is 0 Å². The highest BCUT2D eigenvalue weighted by atomic mass is 79.9. The average Bonchev–Trinajstić information content (AvgIpc) is 2.82. The number of halogens is 1. The molecule has 3 rings (SSSR count). The van der Waals surface area contributed by atoms with E-state index in [1.165, 1.54) is 5.56 Å². The molecular formula is C18H15BrO2. The van der Waals surface area contributed by atoms with Gasteiger partial charge in [0.05, 0.1) is 5.56 Å². The van der Waals surface area contributed by atoms with Crippen LogP contribution in [-0.4, -0.2) is 5.78 Å². The van der Waals surface area contributed by atoms with Crippen LogP contribution >= 0.6 is 15.9 Å². The molecule has 106 valence electrons. The first-order valence-corrected chi connectivity index (χ1v) is 7.71. The Morgan fingerprint density at radius 1 is 1.14 bits per heavy atom. The van der Waals surface area contributed by atoms with Crippen LogP contribution in [0.4, 0.5) is 0 Å². The Labute approximate surface area is 131 Å². The molecule has 2 nitrogen and oxygen atoms in total. The van der Waals surface area contributed by atoms with Gasteiger partial charge in [-0.05, 0) is 55.3 Å². The quantitative estimate of drug-likeness (QED) is 0.604. The lowest BCUT2D eigenvalue weighted by atomic mass is 9.99. The summed E-state index contributed by atoms with van der Waals surface area (Å²) < 4.78 is 6.69. The normalized spacial score (nSPS) is 11.0. The summed E-state index contributed by atoms with van der Waals surface area (Å²) in [7, 11) is 0. The molecule has 0 N–H and O–H groups in total. The molecular weight excluding hydrogens is 328 g/mol. The first-order chi connectivity index (χ1) is 10.1. The summed E-state index contributed by atoms with van der Waals surface area (Å²) in [6, 6.07) is 13.4. The van der Waals surface area contributed by atoms with Gasteiger partial charge in [-0.25, -0.2) is 0 Å². The Kier molecular flexibility index (Phi) is 3.68. The lowest BCUT2D eigenvalue weighted by molar-refractivity contribution is 0.103. The SMILES string of the molecule is CCc1ccc2oc(C)c(C(=O)c3ccc(Br)cc3)c2c1. The molecule has 3 aromatic rings. The first kappa shape index (κ1) is 14.1. The summed E-state index contributed by atoms with van der Waals surface area (Å²) in [6.45, 7) is 3.95. The number of hydrogen-bond acceptors (Lipinski definition) is 2. The fourth-order valence-corrected chi connectivity index (χ4v) is 2.78. The molecule has 0 saturated carbocycles. The zero-order valence-electron chi connectivity index (χ0n) is 11.9. The minimum Gasteiger partial charge on any atom is -0.461 e. The van der Waals surface area contributed by atoms with Crippen molar-refractivity contribution in [3.05, 3.63) is 69.4 Å². The van der Waals surface area contributed by atoms with Gasteiger partial charge in [0, 0.05) is 15.4 Å². The number of furan rings is 1. The number of carbonyl (C=O) groups excluding carboxylic acids is 1. The summed E-state index contributed by atoms with van der Waals surface area (Å²) in [5.41, 5.74) is 3.31. The van der Waals surface area contributed by atoms with Gasteiger partial charge in [-0.15, -0.1) is 0 Å². The third-order valence-electron chi connectivity index (χ3n) is 3.67. The van der Waals surface area contributed by atoms with Crippen molar-refractivity contribution in [3.63, 3.8) is 0 Å². The molecule has 0 amide bonds. The second-order valence-corrected chi connectivity index (χ2v) is 5.97. The predicted octanol–water partition coefficient (Wildman–Crippen LogP) is 5.30. The fraction of sp³-hybridized carbons (Fsp3) is 0.167. The van der Waals surface area contributed by atoms with Crippen LogP contribution in [0.3, 0.4) is 0 Å². The molecule has 0 aliphatic carbocycles. The molecule has 0 aliphatic rings. The van der Waals surface area contributed by atoms with Gasteiger partial charge in [-0.3, -0.25) is 4.79 Å². The molecule has 0 fully saturated rings. The van der Waals surface area contributed by atoms with Crippen LogP contribution in [-0.2, 0) is 6.42 Å². The van der Waals surface area contributed by atoms with Gasteiger partial charge in [-0.1, -0.05) is 28.9 Å². The maximum Gasteiger partial charge on any atom is 0.197 e. The van der Waals surface area contributed by atoms with Crippen molar-refractivity contribution < 1.29 is 9.21 Å². The third kappa shape index (κ3) is 2.54. The van der Waals surface area contributed by atoms with Gasteiger partial charge in [-0.2, -0.15) is 0 Å². The number of fused-ring (bicyclic) bond motifs is 1. The summed E-state index contributed by atoms with van der Waals surface area (Å²) in [4.78, 5) is 12.8. The summed E-state index contributed by atoms with van der Waals surface area (Å²) >= 11 is 3.39. The molecule has 1 aromatic heterocycles. The van der Waals surface area contributed by atoms with Crippen LogP contribution in [0.25, 0.3) is 11.0 Å². The zero-order valence-corrected chi connectivity index (χ0v) is 13.5. The molecule has 0 aliphatic heterocycles. The van der Waals surface area contributed by atoms with E-state index in [-0.39, 0.29) is 5.78 Å². The van der Waals surface area contributed by atoms with E-state index in [1.807, 2.05) is 43.3 Å². The number of aryl methyl sites for hydroxylation is 2. The van der Waals surface area contributed by atoms with Crippen molar-refractivity contribution in [2.45, 2.75) is 20.3 Å². The Hall–Kier alpha value is -1.87. The molecule has 0 spiro atoms. The first-order valence-electron chi connectivity index (χ1n) is 6.92. The van der Waals surface area contributed by atoms with Gasteiger partial charge in [0.2, 0.25) is 0 Å². The number of carbonyl (C=O) groups is 1. The van der Waals surface area contributed by atoms with Gasteiger partial charge in [0.25, 0.3) is 0 Å². The lowest BCUT2D eigenvalue weighted by Gasteiger charge is -2.02. The van der Waals surface area contributed by atoms with Gasteiger partial charge < -0.3 is 4.42 Å². The molecule has 2 aromatic carbocycles. The zero-order chi connectivity index (χ0) is 15.0. The molecule has 0 atom stereocenters. The number of ketones is 1. The Morgan fingerprint density at radius 3 is 2.52 bits per heavy atom. The molecule has 0 radical (unpaired) electrons. The molecule has 21 heavy (non-hydrogen) atoms. The highest BCUT2D eigenvalue weighted by molar-refractivity contribution is 9.10. The van der Waals surface area contributed by atoms with E-state index >= 15 is 0 Å². The Bertz CT molecular complexity index is 813. The minimum atomic E-state index is 0.00648. The highest BCUT2D eigenvalue weighted by Crippen LogP contribution is 2.29. The third-order valence-corrected chi connectivity index (χ3v) is 4.20. The molecule has 0 unspecified atom stereocenters. The molecule has 3 heteroatoms.